The summed E-state index contributed by atoms with van der Waals surface area (Å²) in [6.07, 6.45) is 0.0799. The molecular weight excluding hydrogens is 254 g/mol. The molecule has 0 saturated carbocycles. The number of hydrogen-bond donors (Lipinski definition) is 3. The summed E-state index contributed by atoms with van der Waals surface area (Å²) in [5.41, 5.74) is 3.08. The standard InChI is InChI=1S/C15H19N3O2/c1-3-11-8-13(18-17-11)15(20)16-9-14(19)12-7-5-4-6-10(12)2/h4-8,14,19H,3,9H2,1-2H3,(H,16,20)(H,17,18). The molecule has 0 saturated heterocycles. The van der Waals surface area contributed by atoms with Crippen molar-refractivity contribution in [1.82, 2.24) is 15.5 Å². The van der Waals surface area contributed by atoms with Gasteiger partial charge in [-0.3, -0.25) is 9.89 Å². The first-order valence-electron chi connectivity index (χ1n) is 6.68. The van der Waals surface area contributed by atoms with E-state index < -0.39 is 6.10 Å². The zero-order chi connectivity index (χ0) is 14.5. The lowest BCUT2D eigenvalue weighted by Crippen LogP contribution is -2.28. The van der Waals surface area contributed by atoms with E-state index in [4.69, 9.17) is 0 Å². The van der Waals surface area contributed by atoms with Gasteiger partial charge >= 0.3 is 0 Å². The molecular formula is C15H19N3O2. The highest BCUT2D eigenvalue weighted by Crippen LogP contribution is 2.16. The monoisotopic (exact) mass is 273 g/mol. The van der Waals surface area contributed by atoms with Crippen LogP contribution in [-0.4, -0.2) is 27.8 Å². The van der Waals surface area contributed by atoms with Crippen molar-refractivity contribution < 1.29 is 9.90 Å². The van der Waals surface area contributed by atoms with Gasteiger partial charge in [0.2, 0.25) is 0 Å². The highest BCUT2D eigenvalue weighted by Gasteiger charge is 2.14. The Balaban J connectivity index is 1.95. The summed E-state index contributed by atoms with van der Waals surface area (Å²) in [5.74, 6) is -0.284. The molecule has 106 valence electrons. The van der Waals surface area contributed by atoms with Gasteiger partial charge in [0.25, 0.3) is 5.91 Å². The fourth-order valence-electron chi connectivity index (χ4n) is 2.01. The number of aromatic nitrogens is 2. The Hall–Kier alpha value is -2.14. The van der Waals surface area contributed by atoms with Crippen LogP contribution in [0, 0.1) is 6.92 Å². The zero-order valence-corrected chi connectivity index (χ0v) is 11.7. The maximum absolute atomic E-state index is 11.9. The van der Waals surface area contributed by atoms with Crippen molar-refractivity contribution in [2.24, 2.45) is 0 Å². The molecule has 2 rings (SSSR count). The Morgan fingerprint density at radius 1 is 1.45 bits per heavy atom. The van der Waals surface area contributed by atoms with Gasteiger partial charge in [0.05, 0.1) is 6.10 Å². The summed E-state index contributed by atoms with van der Waals surface area (Å²) in [5, 5.41) is 19.5. The molecule has 2 aromatic rings. The van der Waals surface area contributed by atoms with E-state index in [1.165, 1.54) is 0 Å². The minimum atomic E-state index is -0.718. The maximum atomic E-state index is 11.9. The number of aromatic amines is 1. The van der Waals surface area contributed by atoms with Crippen molar-refractivity contribution in [3.63, 3.8) is 0 Å². The third kappa shape index (κ3) is 3.24. The lowest BCUT2D eigenvalue weighted by atomic mass is 10.0. The molecule has 1 aromatic heterocycles. The molecule has 1 atom stereocenters. The normalized spacial score (nSPS) is 12.2. The topological polar surface area (TPSA) is 78.0 Å². The first-order valence-corrected chi connectivity index (χ1v) is 6.68. The Kier molecular flexibility index (Phi) is 4.53. The molecule has 0 radical (unpaired) electrons. The highest BCUT2D eigenvalue weighted by atomic mass is 16.3. The molecule has 0 spiro atoms. The number of rotatable bonds is 5. The van der Waals surface area contributed by atoms with Gasteiger partial charge in [0.15, 0.2) is 0 Å². The number of benzene rings is 1. The van der Waals surface area contributed by atoms with E-state index in [0.717, 1.165) is 23.2 Å². The van der Waals surface area contributed by atoms with E-state index in [1.54, 1.807) is 6.07 Å². The number of aryl methyl sites for hydroxylation is 2. The molecule has 0 aliphatic rings. The maximum Gasteiger partial charge on any atom is 0.271 e. The van der Waals surface area contributed by atoms with Gasteiger partial charge < -0.3 is 10.4 Å². The largest absolute Gasteiger partial charge is 0.387 e. The van der Waals surface area contributed by atoms with Gasteiger partial charge in [-0.2, -0.15) is 5.10 Å². The molecule has 3 N–H and O–H groups in total. The summed E-state index contributed by atoms with van der Waals surface area (Å²) >= 11 is 0. The van der Waals surface area contributed by atoms with Gasteiger partial charge in [0.1, 0.15) is 5.69 Å². The van der Waals surface area contributed by atoms with E-state index in [2.05, 4.69) is 15.5 Å². The molecule has 0 aliphatic heterocycles. The van der Waals surface area contributed by atoms with E-state index in [9.17, 15) is 9.90 Å². The first-order chi connectivity index (χ1) is 9.61. The summed E-state index contributed by atoms with van der Waals surface area (Å²) < 4.78 is 0. The van der Waals surface area contributed by atoms with Crippen LogP contribution in [-0.2, 0) is 6.42 Å². The number of H-pyrrole nitrogens is 1. The highest BCUT2D eigenvalue weighted by molar-refractivity contribution is 5.92. The predicted octanol–water partition coefficient (Wildman–Crippen LogP) is 1.74. The van der Waals surface area contributed by atoms with Gasteiger partial charge in [-0.1, -0.05) is 31.2 Å². The Morgan fingerprint density at radius 3 is 2.85 bits per heavy atom. The molecule has 0 aliphatic carbocycles. The van der Waals surface area contributed by atoms with Gasteiger partial charge in [-0.15, -0.1) is 0 Å². The third-order valence-corrected chi connectivity index (χ3v) is 3.25. The lowest BCUT2D eigenvalue weighted by molar-refractivity contribution is 0.0911. The summed E-state index contributed by atoms with van der Waals surface area (Å²) in [4.78, 5) is 11.9. The van der Waals surface area contributed by atoms with Crippen molar-refractivity contribution >= 4 is 5.91 Å². The Morgan fingerprint density at radius 2 is 2.20 bits per heavy atom. The fourth-order valence-corrected chi connectivity index (χ4v) is 2.01. The van der Waals surface area contributed by atoms with Crippen LogP contribution >= 0.6 is 0 Å². The lowest BCUT2D eigenvalue weighted by Gasteiger charge is -2.13. The van der Waals surface area contributed by atoms with Crippen LogP contribution in [0.1, 0.15) is 40.3 Å². The van der Waals surface area contributed by atoms with Crippen molar-refractivity contribution in [1.29, 1.82) is 0 Å². The second kappa shape index (κ2) is 6.34. The molecule has 1 heterocycles. The van der Waals surface area contributed by atoms with Gasteiger partial charge in [-0.05, 0) is 30.5 Å². The number of nitrogens with one attached hydrogen (secondary N) is 2. The van der Waals surface area contributed by atoms with Crippen molar-refractivity contribution in [2.45, 2.75) is 26.4 Å². The second-order valence-electron chi connectivity index (χ2n) is 4.71. The van der Waals surface area contributed by atoms with E-state index in [1.807, 2.05) is 38.1 Å². The second-order valence-corrected chi connectivity index (χ2v) is 4.71. The SMILES string of the molecule is CCc1cc(C(=O)NCC(O)c2ccccc2C)n[nH]1. The van der Waals surface area contributed by atoms with E-state index in [0.29, 0.717) is 5.69 Å². The van der Waals surface area contributed by atoms with E-state index >= 15 is 0 Å². The molecule has 0 bridgehead atoms. The number of aliphatic hydroxyl groups is 1. The number of hydrogen-bond acceptors (Lipinski definition) is 3. The van der Waals surface area contributed by atoms with Gasteiger partial charge in [-0.25, -0.2) is 0 Å². The quantitative estimate of drug-likeness (QED) is 0.776. The third-order valence-electron chi connectivity index (χ3n) is 3.25. The number of carbonyl (C=O) groups is 1. The number of carbonyl (C=O) groups excluding carboxylic acids is 1. The average Bonchev–Trinajstić information content (AvgIpc) is 2.94. The van der Waals surface area contributed by atoms with Crippen molar-refractivity contribution in [2.75, 3.05) is 6.54 Å². The van der Waals surface area contributed by atoms with Crippen molar-refractivity contribution in [3.8, 4) is 0 Å². The number of nitrogens with zero attached hydrogens (tertiary/aromatic N) is 1. The summed E-state index contributed by atoms with van der Waals surface area (Å²) in [6, 6.07) is 9.29. The number of aliphatic hydroxyl groups excluding tert-OH is 1. The fraction of sp³-hybridized carbons (Fsp3) is 0.333. The van der Waals surface area contributed by atoms with Crippen molar-refractivity contribution in [3.05, 3.63) is 52.8 Å². The average molecular weight is 273 g/mol. The molecule has 20 heavy (non-hydrogen) atoms. The smallest absolute Gasteiger partial charge is 0.271 e. The first kappa shape index (κ1) is 14.3. The summed E-state index contributed by atoms with van der Waals surface area (Å²) in [7, 11) is 0. The Labute approximate surface area is 118 Å². The zero-order valence-electron chi connectivity index (χ0n) is 11.7. The van der Waals surface area contributed by atoms with E-state index in [-0.39, 0.29) is 12.5 Å². The summed E-state index contributed by atoms with van der Waals surface area (Å²) in [6.45, 7) is 4.08. The molecule has 5 heteroatoms. The van der Waals surface area contributed by atoms with Crippen LogP contribution in [0.3, 0.4) is 0 Å². The van der Waals surface area contributed by atoms with Crippen LogP contribution in [0.15, 0.2) is 30.3 Å². The van der Waals surface area contributed by atoms with Crippen LogP contribution in [0.5, 0.6) is 0 Å². The molecule has 1 aromatic carbocycles. The van der Waals surface area contributed by atoms with Crippen LogP contribution in [0.4, 0.5) is 0 Å². The molecule has 5 nitrogen and oxygen atoms in total. The minimum absolute atomic E-state index is 0.165. The van der Waals surface area contributed by atoms with Gasteiger partial charge in [0, 0.05) is 12.2 Å². The molecule has 1 unspecified atom stereocenters. The van der Waals surface area contributed by atoms with Crippen LogP contribution < -0.4 is 5.32 Å². The van der Waals surface area contributed by atoms with Crippen LogP contribution in [0.25, 0.3) is 0 Å². The van der Waals surface area contributed by atoms with Crippen LogP contribution in [0.2, 0.25) is 0 Å². The molecule has 1 amide bonds. The molecule has 0 fully saturated rings. The number of amides is 1. The predicted molar refractivity (Wildman–Crippen MR) is 76.4 cm³/mol. The Bertz CT molecular complexity index is 592. The minimum Gasteiger partial charge on any atom is -0.387 e.